The number of nitrogens with two attached hydrogens (primary N) is 1. The number of piperazine rings is 1. The minimum atomic E-state index is -0.698. The number of amides is 1. The fourth-order valence-corrected chi connectivity index (χ4v) is 3.25. The molecule has 1 aliphatic heterocycles. The first-order valence-electron chi connectivity index (χ1n) is 9.30. The third kappa shape index (κ3) is 4.18. The molecule has 0 unspecified atom stereocenters. The van der Waals surface area contributed by atoms with Crippen LogP contribution in [0.1, 0.15) is 21.5 Å². The van der Waals surface area contributed by atoms with Crippen LogP contribution in [0.4, 0.5) is 27.1 Å². The fraction of sp³-hybridized carbons (Fsp3) is 0.227. The molecule has 0 aliphatic carbocycles. The van der Waals surface area contributed by atoms with E-state index in [1.54, 1.807) is 23.1 Å². The van der Waals surface area contributed by atoms with Gasteiger partial charge in [0.25, 0.3) is 5.91 Å². The van der Waals surface area contributed by atoms with Crippen LogP contribution in [-0.2, 0) is 0 Å². The SMILES string of the molecule is C#Cc1ccc(Nc2c(C(=O)N3CCNCC3)cc(NC=C)c(N)c2F)c(C)c1. The Morgan fingerprint density at radius 1 is 1.34 bits per heavy atom. The summed E-state index contributed by atoms with van der Waals surface area (Å²) in [5.74, 6) is 1.60. The number of rotatable bonds is 5. The number of nitrogens with zero attached hydrogens (tertiary/aromatic N) is 1. The van der Waals surface area contributed by atoms with E-state index >= 15 is 4.39 Å². The standard InChI is InChI=1S/C22H24FN5O/c1-4-15-6-7-17(14(3)12-15)27-21-16(22(29)28-10-8-25-9-11-28)13-18(26-5-2)20(24)19(21)23/h1,5-7,12-13,25-27H,2,8-11,24H2,3H3. The van der Waals surface area contributed by atoms with Crippen molar-refractivity contribution < 1.29 is 9.18 Å². The van der Waals surface area contributed by atoms with Gasteiger partial charge in [0.05, 0.1) is 22.6 Å². The zero-order valence-electron chi connectivity index (χ0n) is 16.3. The van der Waals surface area contributed by atoms with Crippen molar-refractivity contribution in [3.63, 3.8) is 0 Å². The molecule has 0 atom stereocenters. The van der Waals surface area contributed by atoms with Crippen LogP contribution in [0.25, 0.3) is 0 Å². The van der Waals surface area contributed by atoms with Gasteiger partial charge in [-0.1, -0.05) is 12.5 Å². The van der Waals surface area contributed by atoms with E-state index in [0.717, 1.165) is 11.1 Å². The number of halogens is 1. The van der Waals surface area contributed by atoms with Gasteiger partial charge in [0.1, 0.15) is 0 Å². The molecule has 1 fully saturated rings. The number of carbonyl (C=O) groups is 1. The van der Waals surface area contributed by atoms with Crippen molar-refractivity contribution in [2.75, 3.05) is 42.5 Å². The van der Waals surface area contributed by atoms with E-state index in [1.807, 2.05) is 13.0 Å². The molecule has 2 aromatic rings. The summed E-state index contributed by atoms with van der Waals surface area (Å²) >= 11 is 0. The molecule has 1 heterocycles. The molecule has 6 nitrogen and oxygen atoms in total. The normalized spacial score (nSPS) is 13.5. The van der Waals surface area contributed by atoms with Gasteiger partial charge < -0.3 is 26.6 Å². The van der Waals surface area contributed by atoms with Crippen LogP contribution >= 0.6 is 0 Å². The van der Waals surface area contributed by atoms with Crippen LogP contribution in [0.5, 0.6) is 0 Å². The Hall–Kier alpha value is -3.50. The summed E-state index contributed by atoms with van der Waals surface area (Å²) in [6.07, 6.45) is 6.83. The van der Waals surface area contributed by atoms with Crippen molar-refractivity contribution in [3.05, 3.63) is 59.6 Å². The summed E-state index contributed by atoms with van der Waals surface area (Å²) in [6.45, 7) is 7.92. The minimum Gasteiger partial charge on any atom is -0.395 e. The Balaban J connectivity index is 2.08. The summed E-state index contributed by atoms with van der Waals surface area (Å²) in [7, 11) is 0. The number of terminal acetylenes is 1. The van der Waals surface area contributed by atoms with Crippen molar-refractivity contribution >= 4 is 28.7 Å². The largest absolute Gasteiger partial charge is 0.395 e. The first-order chi connectivity index (χ1) is 14.0. The topological polar surface area (TPSA) is 82.4 Å². The zero-order chi connectivity index (χ0) is 21.0. The molecular weight excluding hydrogens is 369 g/mol. The first kappa shape index (κ1) is 20.2. The molecule has 1 amide bonds. The maximum atomic E-state index is 15.3. The highest BCUT2D eigenvalue weighted by Gasteiger charge is 2.26. The molecule has 0 aromatic heterocycles. The van der Waals surface area contributed by atoms with Crippen molar-refractivity contribution in [2.24, 2.45) is 0 Å². The fourth-order valence-electron chi connectivity index (χ4n) is 3.25. The van der Waals surface area contributed by atoms with Gasteiger partial charge in [0, 0.05) is 37.4 Å². The third-order valence-electron chi connectivity index (χ3n) is 4.85. The Labute approximate surface area is 170 Å². The molecule has 0 radical (unpaired) electrons. The predicted molar refractivity (Wildman–Crippen MR) is 116 cm³/mol. The van der Waals surface area contributed by atoms with E-state index in [2.05, 4.69) is 28.4 Å². The Morgan fingerprint density at radius 2 is 2.07 bits per heavy atom. The van der Waals surface area contributed by atoms with Crippen LogP contribution < -0.4 is 21.7 Å². The number of hydrogen-bond acceptors (Lipinski definition) is 5. The monoisotopic (exact) mass is 393 g/mol. The number of anilines is 4. The smallest absolute Gasteiger partial charge is 0.256 e. The van der Waals surface area contributed by atoms with E-state index in [0.29, 0.717) is 37.6 Å². The molecule has 1 saturated heterocycles. The minimum absolute atomic E-state index is 0.0391. The van der Waals surface area contributed by atoms with Gasteiger partial charge in [-0.05, 0) is 43.0 Å². The number of nitrogen functional groups attached to an aromatic ring is 1. The van der Waals surface area contributed by atoms with E-state index in [4.69, 9.17) is 12.2 Å². The van der Waals surface area contributed by atoms with E-state index < -0.39 is 5.82 Å². The van der Waals surface area contributed by atoms with Crippen LogP contribution in [-0.4, -0.2) is 37.0 Å². The highest BCUT2D eigenvalue weighted by molar-refractivity contribution is 6.03. The Kier molecular flexibility index (Phi) is 6.05. The number of nitrogens with one attached hydrogen (secondary N) is 3. The van der Waals surface area contributed by atoms with Crippen molar-refractivity contribution in [2.45, 2.75) is 6.92 Å². The number of hydrogen-bond donors (Lipinski definition) is 4. The van der Waals surface area contributed by atoms with Crippen molar-refractivity contribution in [1.29, 1.82) is 0 Å². The maximum Gasteiger partial charge on any atom is 0.256 e. The lowest BCUT2D eigenvalue weighted by molar-refractivity contribution is 0.0736. The van der Waals surface area contributed by atoms with Crippen LogP contribution in [0.3, 0.4) is 0 Å². The average molecular weight is 393 g/mol. The summed E-state index contributed by atoms with van der Waals surface area (Å²) in [6, 6.07) is 6.88. The van der Waals surface area contributed by atoms with E-state index in [1.165, 1.54) is 6.20 Å². The first-order valence-corrected chi connectivity index (χ1v) is 9.30. The molecule has 0 bridgehead atoms. The molecule has 150 valence electrons. The lowest BCUT2D eigenvalue weighted by atomic mass is 10.1. The molecular formula is C22H24FN5O. The Morgan fingerprint density at radius 3 is 2.69 bits per heavy atom. The maximum absolute atomic E-state index is 15.3. The second-order valence-corrected chi connectivity index (χ2v) is 6.76. The highest BCUT2D eigenvalue weighted by atomic mass is 19.1. The molecule has 7 heteroatoms. The van der Waals surface area contributed by atoms with Crippen molar-refractivity contribution in [3.8, 4) is 12.3 Å². The van der Waals surface area contributed by atoms with Crippen molar-refractivity contribution in [1.82, 2.24) is 10.2 Å². The second-order valence-electron chi connectivity index (χ2n) is 6.76. The lowest BCUT2D eigenvalue weighted by Crippen LogP contribution is -2.46. The Bertz CT molecular complexity index is 990. The van der Waals surface area contributed by atoms with Crippen LogP contribution in [0.15, 0.2) is 37.0 Å². The van der Waals surface area contributed by atoms with Gasteiger partial charge in [-0.2, -0.15) is 0 Å². The van der Waals surface area contributed by atoms with Crippen LogP contribution in [0, 0.1) is 25.1 Å². The molecule has 29 heavy (non-hydrogen) atoms. The van der Waals surface area contributed by atoms with Gasteiger partial charge in [-0.15, -0.1) is 6.42 Å². The van der Waals surface area contributed by atoms with Gasteiger partial charge >= 0.3 is 0 Å². The number of benzene rings is 2. The molecule has 2 aromatic carbocycles. The summed E-state index contributed by atoms with van der Waals surface area (Å²) in [4.78, 5) is 14.9. The van der Waals surface area contributed by atoms with Crippen LogP contribution in [0.2, 0.25) is 0 Å². The third-order valence-corrected chi connectivity index (χ3v) is 4.85. The van der Waals surface area contributed by atoms with Gasteiger partial charge in [0.15, 0.2) is 5.82 Å². The van der Waals surface area contributed by atoms with Gasteiger partial charge in [-0.3, -0.25) is 4.79 Å². The number of aryl methyl sites for hydroxylation is 1. The zero-order valence-corrected chi connectivity index (χ0v) is 16.3. The number of carbonyl (C=O) groups excluding carboxylic acids is 1. The van der Waals surface area contributed by atoms with Gasteiger partial charge in [-0.25, -0.2) is 4.39 Å². The quantitative estimate of drug-likeness (QED) is 0.464. The second kappa shape index (κ2) is 8.67. The molecule has 0 saturated carbocycles. The van der Waals surface area contributed by atoms with Gasteiger partial charge in [0.2, 0.25) is 0 Å². The van der Waals surface area contributed by atoms with E-state index in [9.17, 15) is 4.79 Å². The molecule has 3 rings (SSSR count). The predicted octanol–water partition coefficient (Wildman–Crippen LogP) is 3.04. The lowest BCUT2D eigenvalue weighted by Gasteiger charge is -2.29. The summed E-state index contributed by atoms with van der Waals surface area (Å²) in [5, 5.41) is 9.05. The average Bonchev–Trinajstić information content (AvgIpc) is 2.74. The summed E-state index contributed by atoms with van der Waals surface area (Å²) in [5.41, 5.74) is 8.59. The molecule has 0 spiro atoms. The summed E-state index contributed by atoms with van der Waals surface area (Å²) < 4.78 is 15.3. The van der Waals surface area contributed by atoms with E-state index in [-0.39, 0.29) is 22.8 Å². The molecule has 1 aliphatic rings. The molecule has 5 N–H and O–H groups in total. The highest BCUT2D eigenvalue weighted by Crippen LogP contribution is 2.35.